The van der Waals surface area contributed by atoms with E-state index in [0.717, 1.165) is 39.3 Å². The first-order chi connectivity index (χ1) is 12.1. The zero-order chi connectivity index (χ0) is 17.6. The first-order valence-corrected chi connectivity index (χ1v) is 8.91. The molecule has 0 radical (unpaired) electrons. The number of anilines is 1. The molecule has 0 spiro atoms. The number of methoxy groups -OCH3 is 1. The van der Waals surface area contributed by atoms with Gasteiger partial charge in [0.25, 0.3) is 0 Å². The van der Waals surface area contributed by atoms with E-state index >= 15 is 0 Å². The quantitative estimate of drug-likeness (QED) is 0.835. The van der Waals surface area contributed by atoms with E-state index in [1.807, 2.05) is 36.4 Å². The predicted molar refractivity (Wildman–Crippen MR) is 102 cm³/mol. The minimum atomic E-state index is -0.289. The van der Waals surface area contributed by atoms with Gasteiger partial charge in [-0.2, -0.15) is 4.99 Å². The fraction of sp³-hybridized carbons (Fsp3) is 0.263. The Bertz CT molecular complexity index is 881. The van der Waals surface area contributed by atoms with Gasteiger partial charge in [0.15, 0.2) is 0 Å². The molecule has 2 aromatic rings. The van der Waals surface area contributed by atoms with E-state index in [0.29, 0.717) is 0 Å². The normalized spacial score (nSPS) is 21.8. The topological polar surface area (TPSA) is 53.9 Å². The summed E-state index contributed by atoms with van der Waals surface area (Å²) < 4.78 is 6.18. The summed E-state index contributed by atoms with van der Waals surface area (Å²) in [4.78, 5) is 18.8. The Balaban J connectivity index is 1.79. The minimum Gasteiger partial charge on any atom is -0.496 e. The van der Waals surface area contributed by atoms with Gasteiger partial charge in [-0.1, -0.05) is 24.3 Å². The van der Waals surface area contributed by atoms with Crippen molar-refractivity contribution in [3.63, 3.8) is 0 Å². The van der Waals surface area contributed by atoms with Crippen molar-refractivity contribution in [1.29, 1.82) is 0 Å². The number of fused-ring (bicyclic) bond motifs is 3. The smallest absolute Gasteiger partial charge is 0.341 e. The number of rotatable bonds is 2. The molecule has 0 saturated heterocycles. The van der Waals surface area contributed by atoms with Crippen LogP contribution in [-0.2, 0) is 0 Å². The van der Waals surface area contributed by atoms with Crippen molar-refractivity contribution in [2.45, 2.75) is 6.04 Å². The van der Waals surface area contributed by atoms with E-state index in [9.17, 15) is 4.79 Å². The number of carbonyl (C=O) groups excluding carboxylic acids is 1. The van der Waals surface area contributed by atoms with Crippen molar-refractivity contribution in [2.24, 2.45) is 10.9 Å². The zero-order valence-corrected chi connectivity index (χ0v) is 15.6. The second-order valence-corrected chi connectivity index (χ2v) is 7.18. The highest BCUT2D eigenvalue weighted by Crippen LogP contribution is 2.38. The van der Waals surface area contributed by atoms with Crippen LogP contribution in [0.4, 0.5) is 10.5 Å². The van der Waals surface area contributed by atoms with Crippen LogP contribution in [0.15, 0.2) is 51.9 Å². The molecule has 2 heterocycles. The monoisotopic (exact) mass is 399 g/mol. The zero-order valence-electron chi connectivity index (χ0n) is 14.0. The third-order valence-electron chi connectivity index (χ3n) is 4.85. The van der Waals surface area contributed by atoms with Crippen molar-refractivity contribution >= 4 is 33.4 Å². The molecule has 0 saturated carbocycles. The van der Waals surface area contributed by atoms with E-state index in [4.69, 9.17) is 4.74 Å². The molecule has 0 aromatic heterocycles. The predicted octanol–water partition coefficient (Wildman–Crippen LogP) is 3.78. The van der Waals surface area contributed by atoms with Crippen LogP contribution in [0, 0.1) is 5.92 Å². The van der Waals surface area contributed by atoms with Gasteiger partial charge < -0.3 is 15.0 Å². The van der Waals surface area contributed by atoms with Gasteiger partial charge >= 0.3 is 6.03 Å². The van der Waals surface area contributed by atoms with Gasteiger partial charge in [-0.3, -0.25) is 0 Å². The lowest BCUT2D eigenvalue weighted by molar-refractivity contribution is 0.240. The van der Waals surface area contributed by atoms with Gasteiger partial charge in [0.2, 0.25) is 0 Å². The number of nitrogens with one attached hydrogen (secondary N) is 1. The SMILES string of the molecule is COc1ccc(C2NC(=O)N=C3c4ccccc4N(C)CC32)cc1Br. The molecular weight excluding hydrogens is 382 g/mol. The summed E-state index contributed by atoms with van der Waals surface area (Å²) in [5.74, 6) is 0.865. The highest BCUT2D eigenvalue weighted by molar-refractivity contribution is 9.10. The van der Waals surface area contributed by atoms with Gasteiger partial charge in [0.1, 0.15) is 5.75 Å². The van der Waals surface area contributed by atoms with Gasteiger partial charge in [-0.25, -0.2) is 4.79 Å². The van der Waals surface area contributed by atoms with Gasteiger partial charge in [0, 0.05) is 30.8 Å². The standard InChI is InChI=1S/C19H18BrN3O2/c1-23-10-13-17(11-7-8-16(25-2)14(20)9-11)21-19(24)22-18(13)12-5-3-4-6-15(12)23/h3-9,13,17H,10H2,1-2H3,(H,21,24). The summed E-state index contributed by atoms with van der Waals surface area (Å²) >= 11 is 3.54. The lowest BCUT2D eigenvalue weighted by Crippen LogP contribution is -2.48. The van der Waals surface area contributed by atoms with Gasteiger partial charge in [-0.15, -0.1) is 0 Å². The third-order valence-corrected chi connectivity index (χ3v) is 5.47. The van der Waals surface area contributed by atoms with E-state index in [2.05, 4.69) is 44.3 Å². The Kier molecular flexibility index (Phi) is 4.00. The molecule has 0 aliphatic carbocycles. The molecule has 2 aromatic carbocycles. The highest BCUT2D eigenvalue weighted by Gasteiger charge is 2.39. The number of carbonyl (C=O) groups is 1. The molecule has 2 unspecified atom stereocenters. The number of amides is 2. The number of aliphatic imine (C=N–C) groups is 1. The third kappa shape index (κ3) is 2.70. The molecule has 2 atom stereocenters. The summed E-state index contributed by atoms with van der Waals surface area (Å²) in [6, 6.07) is 13.6. The largest absolute Gasteiger partial charge is 0.496 e. The number of ether oxygens (including phenoxy) is 1. The van der Waals surface area contributed by atoms with Crippen LogP contribution in [0.25, 0.3) is 0 Å². The lowest BCUT2D eigenvalue weighted by Gasteiger charge is -2.40. The molecule has 6 heteroatoms. The molecule has 25 heavy (non-hydrogen) atoms. The molecule has 2 aliphatic rings. The summed E-state index contributed by atoms with van der Waals surface area (Å²) in [6.07, 6.45) is 0. The highest BCUT2D eigenvalue weighted by atomic mass is 79.9. The molecule has 2 amide bonds. The lowest BCUT2D eigenvalue weighted by atomic mass is 9.81. The Morgan fingerprint density at radius 2 is 2.08 bits per heavy atom. The molecule has 4 rings (SSSR count). The number of halogens is 1. The Morgan fingerprint density at radius 3 is 2.84 bits per heavy atom. The Morgan fingerprint density at radius 1 is 1.28 bits per heavy atom. The molecule has 2 aliphatic heterocycles. The summed E-state index contributed by atoms with van der Waals surface area (Å²) in [6.45, 7) is 0.796. The van der Waals surface area contributed by atoms with E-state index in [1.165, 1.54) is 0 Å². The molecule has 0 bridgehead atoms. The van der Waals surface area contributed by atoms with Crippen LogP contribution < -0.4 is 15.0 Å². The summed E-state index contributed by atoms with van der Waals surface area (Å²) in [7, 11) is 3.72. The first-order valence-electron chi connectivity index (χ1n) is 8.11. The summed E-state index contributed by atoms with van der Waals surface area (Å²) in [5, 5.41) is 3.03. The second-order valence-electron chi connectivity index (χ2n) is 6.32. The maximum absolute atomic E-state index is 12.3. The Hall–Kier alpha value is -2.34. The van der Waals surface area contributed by atoms with Crippen molar-refractivity contribution in [2.75, 3.05) is 25.6 Å². The van der Waals surface area contributed by atoms with Crippen LogP contribution in [0.1, 0.15) is 17.2 Å². The number of urea groups is 1. The van der Waals surface area contributed by atoms with Crippen LogP contribution in [0.5, 0.6) is 5.75 Å². The van der Waals surface area contributed by atoms with E-state index in [1.54, 1.807) is 7.11 Å². The molecule has 128 valence electrons. The number of nitrogens with zero attached hydrogens (tertiary/aromatic N) is 2. The molecule has 5 nitrogen and oxygen atoms in total. The second kappa shape index (κ2) is 6.19. The fourth-order valence-electron chi connectivity index (χ4n) is 3.68. The van der Waals surface area contributed by atoms with Crippen LogP contribution in [0.3, 0.4) is 0 Å². The number of para-hydroxylation sites is 1. The average molecular weight is 400 g/mol. The molecule has 0 fully saturated rings. The van der Waals surface area contributed by atoms with E-state index < -0.39 is 0 Å². The van der Waals surface area contributed by atoms with Crippen LogP contribution in [0.2, 0.25) is 0 Å². The maximum atomic E-state index is 12.3. The van der Waals surface area contributed by atoms with E-state index in [-0.39, 0.29) is 18.0 Å². The van der Waals surface area contributed by atoms with Crippen LogP contribution >= 0.6 is 15.9 Å². The molecular formula is C19H18BrN3O2. The minimum absolute atomic E-state index is 0.0953. The van der Waals surface area contributed by atoms with Crippen molar-refractivity contribution in [3.05, 3.63) is 58.1 Å². The first kappa shape index (κ1) is 16.1. The Labute approximate surface area is 154 Å². The van der Waals surface area contributed by atoms with Crippen molar-refractivity contribution in [3.8, 4) is 5.75 Å². The number of hydrogen-bond donors (Lipinski definition) is 1. The van der Waals surface area contributed by atoms with Crippen molar-refractivity contribution < 1.29 is 9.53 Å². The average Bonchev–Trinajstić information content (AvgIpc) is 2.62. The van der Waals surface area contributed by atoms with Crippen molar-refractivity contribution in [1.82, 2.24) is 5.32 Å². The maximum Gasteiger partial charge on any atom is 0.341 e. The number of hydrogen-bond acceptors (Lipinski definition) is 3. The summed E-state index contributed by atoms with van der Waals surface area (Å²) in [5.41, 5.74) is 4.05. The molecule has 1 N–H and O–H groups in total. The van der Waals surface area contributed by atoms with Gasteiger partial charge in [0.05, 0.1) is 23.3 Å². The van der Waals surface area contributed by atoms with Gasteiger partial charge in [-0.05, 0) is 39.7 Å². The van der Waals surface area contributed by atoms with Crippen LogP contribution in [-0.4, -0.2) is 32.4 Å². The fourth-order valence-corrected chi connectivity index (χ4v) is 4.23. The number of benzene rings is 2.